The minimum absolute atomic E-state index is 0.0763. The Hall–Kier alpha value is -3.33. The van der Waals surface area contributed by atoms with Crippen LogP contribution < -0.4 is 10.1 Å². The van der Waals surface area contributed by atoms with E-state index in [4.69, 9.17) is 4.74 Å². The Balaban J connectivity index is 1.74. The van der Waals surface area contributed by atoms with Crippen LogP contribution in [0.5, 0.6) is 5.75 Å². The molecule has 32 heavy (non-hydrogen) atoms. The van der Waals surface area contributed by atoms with Crippen LogP contribution in [-0.4, -0.2) is 53.4 Å². The predicted molar refractivity (Wildman–Crippen MR) is 125 cm³/mol. The van der Waals surface area contributed by atoms with Crippen molar-refractivity contribution in [2.75, 3.05) is 25.6 Å². The van der Waals surface area contributed by atoms with Crippen LogP contribution in [0.15, 0.2) is 53.5 Å². The summed E-state index contributed by atoms with van der Waals surface area (Å²) in [5, 5.41) is 2.66. The molecule has 8 nitrogen and oxygen atoms in total. The third-order valence-corrected chi connectivity index (χ3v) is 5.88. The SMILES string of the molecule is CCOc1ccc(N=C2SC(C(=O)Nc3ccc(C(=O)OC)cc3)CC(=O)N2CC)cc1. The van der Waals surface area contributed by atoms with Crippen LogP contribution in [0.3, 0.4) is 0 Å². The highest BCUT2D eigenvalue weighted by Crippen LogP contribution is 2.30. The largest absolute Gasteiger partial charge is 0.494 e. The van der Waals surface area contributed by atoms with E-state index >= 15 is 0 Å². The van der Waals surface area contributed by atoms with Crippen molar-refractivity contribution in [2.45, 2.75) is 25.5 Å². The summed E-state index contributed by atoms with van der Waals surface area (Å²) < 4.78 is 10.1. The Morgan fingerprint density at radius 3 is 2.41 bits per heavy atom. The fraction of sp³-hybridized carbons (Fsp3) is 0.304. The fourth-order valence-corrected chi connectivity index (χ4v) is 4.24. The van der Waals surface area contributed by atoms with Crippen molar-refractivity contribution >= 4 is 46.1 Å². The lowest BCUT2D eigenvalue weighted by atomic mass is 10.2. The summed E-state index contributed by atoms with van der Waals surface area (Å²) in [6.07, 6.45) is 0.0763. The number of methoxy groups -OCH3 is 1. The quantitative estimate of drug-likeness (QED) is 0.637. The summed E-state index contributed by atoms with van der Waals surface area (Å²) in [5.74, 6) is -0.167. The molecule has 9 heteroatoms. The lowest BCUT2D eigenvalue weighted by Crippen LogP contribution is -2.45. The highest BCUT2D eigenvalue weighted by atomic mass is 32.2. The minimum Gasteiger partial charge on any atom is -0.494 e. The van der Waals surface area contributed by atoms with Gasteiger partial charge in [-0.15, -0.1) is 0 Å². The van der Waals surface area contributed by atoms with Gasteiger partial charge in [-0.05, 0) is 62.4 Å². The molecule has 2 aromatic carbocycles. The number of anilines is 1. The van der Waals surface area contributed by atoms with Crippen LogP contribution in [-0.2, 0) is 14.3 Å². The van der Waals surface area contributed by atoms with Crippen LogP contribution in [0.25, 0.3) is 0 Å². The highest BCUT2D eigenvalue weighted by Gasteiger charge is 2.35. The number of carbonyl (C=O) groups excluding carboxylic acids is 3. The van der Waals surface area contributed by atoms with E-state index in [-0.39, 0.29) is 18.2 Å². The number of thioether (sulfide) groups is 1. The van der Waals surface area contributed by atoms with Gasteiger partial charge in [-0.3, -0.25) is 14.5 Å². The Kier molecular flexibility index (Phi) is 7.88. The molecule has 1 atom stereocenters. The molecule has 0 aliphatic carbocycles. The van der Waals surface area contributed by atoms with Crippen molar-refractivity contribution in [3.8, 4) is 5.75 Å². The number of aliphatic imine (C=N–C) groups is 1. The second kappa shape index (κ2) is 10.8. The molecule has 0 aromatic heterocycles. The summed E-state index contributed by atoms with van der Waals surface area (Å²) >= 11 is 1.25. The van der Waals surface area contributed by atoms with Gasteiger partial charge in [-0.1, -0.05) is 11.8 Å². The van der Waals surface area contributed by atoms with E-state index in [1.807, 2.05) is 38.1 Å². The summed E-state index contributed by atoms with van der Waals surface area (Å²) in [6, 6.07) is 13.6. The lowest BCUT2D eigenvalue weighted by molar-refractivity contribution is -0.129. The Morgan fingerprint density at radius 1 is 1.12 bits per heavy atom. The molecule has 1 aliphatic heterocycles. The molecule has 0 radical (unpaired) electrons. The van der Waals surface area contributed by atoms with Crippen LogP contribution in [0.1, 0.15) is 30.6 Å². The summed E-state index contributed by atoms with van der Waals surface area (Å²) in [4.78, 5) is 43.2. The van der Waals surface area contributed by atoms with Crippen molar-refractivity contribution in [1.82, 2.24) is 4.90 Å². The first kappa shape index (κ1) is 23.3. The van der Waals surface area contributed by atoms with E-state index in [2.05, 4.69) is 15.0 Å². The number of nitrogens with one attached hydrogen (secondary N) is 1. The number of amides is 2. The van der Waals surface area contributed by atoms with Gasteiger partial charge >= 0.3 is 5.97 Å². The third kappa shape index (κ3) is 5.67. The smallest absolute Gasteiger partial charge is 0.337 e. The maximum absolute atomic E-state index is 12.8. The van der Waals surface area contributed by atoms with Crippen LogP contribution in [0.4, 0.5) is 11.4 Å². The van der Waals surface area contributed by atoms with Gasteiger partial charge in [0.05, 0.1) is 25.0 Å². The third-order valence-electron chi connectivity index (χ3n) is 4.69. The molecular weight excluding hydrogens is 430 g/mol. The number of esters is 1. The summed E-state index contributed by atoms with van der Waals surface area (Å²) in [5.41, 5.74) is 1.58. The number of hydrogen-bond donors (Lipinski definition) is 1. The molecule has 168 valence electrons. The average molecular weight is 456 g/mol. The van der Waals surface area contributed by atoms with Crippen molar-refractivity contribution < 1.29 is 23.9 Å². The highest BCUT2D eigenvalue weighted by molar-refractivity contribution is 8.15. The second-order valence-corrected chi connectivity index (χ2v) is 8.00. The van der Waals surface area contributed by atoms with E-state index in [0.717, 1.165) is 5.75 Å². The van der Waals surface area contributed by atoms with Crippen molar-refractivity contribution in [2.24, 2.45) is 4.99 Å². The van der Waals surface area contributed by atoms with Gasteiger partial charge in [-0.2, -0.15) is 0 Å². The number of amidine groups is 1. The Bertz CT molecular complexity index is 1010. The lowest BCUT2D eigenvalue weighted by Gasteiger charge is -2.30. The first-order valence-electron chi connectivity index (χ1n) is 10.2. The maximum atomic E-state index is 12.8. The number of benzene rings is 2. The Morgan fingerprint density at radius 2 is 1.81 bits per heavy atom. The molecule has 1 heterocycles. The van der Waals surface area contributed by atoms with E-state index in [1.54, 1.807) is 29.2 Å². The van der Waals surface area contributed by atoms with Gasteiger partial charge in [0.1, 0.15) is 11.0 Å². The number of carbonyl (C=O) groups is 3. The molecule has 1 fully saturated rings. The zero-order chi connectivity index (χ0) is 23.1. The second-order valence-electron chi connectivity index (χ2n) is 6.83. The van der Waals surface area contributed by atoms with E-state index in [1.165, 1.54) is 18.9 Å². The van der Waals surface area contributed by atoms with Crippen molar-refractivity contribution in [3.63, 3.8) is 0 Å². The molecule has 1 saturated heterocycles. The molecule has 2 amide bonds. The zero-order valence-corrected chi connectivity index (χ0v) is 19.0. The number of hydrogen-bond acceptors (Lipinski definition) is 7. The maximum Gasteiger partial charge on any atom is 0.337 e. The average Bonchev–Trinajstić information content (AvgIpc) is 2.80. The molecule has 1 aliphatic rings. The summed E-state index contributed by atoms with van der Waals surface area (Å²) in [6.45, 7) is 4.82. The van der Waals surface area contributed by atoms with Crippen LogP contribution >= 0.6 is 11.8 Å². The van der Waals surface area contributed by atoms with E-state index in [0.29, 0.717) is 35.3 Å². The number of rotatable bonds is 7. The molecular formula is C23H25N3O5S. The topological polar surface area (TPSA) is 97.3 Å². The van der Waals surface area contributed by atoms with Gasteiger partial charge < -0.3 is 14.8 Å². The number of nitrogens with zero attached hydrogens (tertiary/aromatic N) is 2. The monoisotopic (exact) mass is 455 g/mol. The molecule has 1 N–H and O–H groups in total. The molecule has 1 unspecified atom stereocenters. The van der Waals surface area contributed by atoms with E-state index < -0.39 is 11.2 Å². The number of ether oxygens (including phenoxy) is 2. The zero-order valence-electron chi connectivity index (χ0n) is 18.2. The molecule has 3 rings (SSSR count). The van der Waals surface area contributed by atoms with Gasteiger partial charge in [0, 0.05) is 18.7 Å². The van der Waals surface area contributed by atoms with Gasteiger partial charge in [0.25, 0.3) is 0 Å². The van der Waals surface area contributed by atoms with Crippen LogP contribution in [0.2, 0.25) is 0 Å². The normalized spacial score (nSPS) is 17.2. The van der Waals surface area contributed by atoms with Crippen molar-refractivity contribution in [3.05, 3.63) is 54.1 Å². The minimum atomic E-state index is -0.618. The first-order valence-corrected chi connectivity index (χ1v) is 11.1. The van der Waals surface area contributed by atoms with Crippen molar-refractivity contribution in [1.29, 1.82) is 0 Å². The molecule has 0 spiro atoms. The van der Waals surface area contributed by atoms with Gasteiger partial charge in [0.15, 0.2) is 5.17 Å². The predicted octanol–water partition coefficient (Wildman–Crippen LogP) is 3.85. The molecule has 0 saturated carbocycles. The van der Waals surface area contributed by atoms with Crippen LogP contribution in [0, 0.1) is 0 Å². The Labute approximate surface area is 191 Å². The standard InChI is InChI=1S/C23H25N3O5S/c1-4-26-20(27)14-19(21(28)24-16-8-6-15(7-9-16)22(29)30-3)32-23(26)25-17-10-12-18(13-11-17)31-5-2/h6-13,19H,4-5,14H2,1-3H3,(H,24,28). The fourth-order valence-electron chi connectivity index (χ4n) is 3.08. The molecule has 0 bridgehead atoms. The summed E-state index contributed by atoms with van der Waals surface area (Å²) in [7, 11) is 1.31. The van der Waals surface area contributed by atoms with E-state index in [9.17, 15) is 14.4 Å². The first-order chi connectivity index (χ1) is 15.4. The van der Waals surface area contributed by atoms with Gasteiger partial charge in [-0.25, -0.2) is 9.79 Å². The molecule has 2 aromatic rings. The van der Waals surface area contributed by atoms with Gasteiger partial charge in [0.2, 0.25) is 11.8 Å².